The molecule has 1 aromatic carbocycles. The summed E-state index contributed by atoms with van der Waals surface area (Å²) in [6, 6.07) is 6.44. The lowest BCUT2D eigenvalue weighted by Crippen LogP contribution is -2.08. The Kier molecular flexibility index (Phi) is 2.33. The number of hydrogen-bond acceptors (Lipinski definition) is 1. The predicted molar refractivity (Wildman–Crippen MR) is 60.2 cm³/mol. The third kappa shape index (κ3) is 1.48. The lowest BCUT2D eigenvalue weighted by Gasteiger charge is -2.13. The molecule has 1 nitrogen and oxygen atoms in total. The minimum absolute atomic E-state index is 0.674. The van der Waals surface area contributed by atoms with Crippen molar-refractivity contribution in [1.29, 1.82) is 0 Å². The van der Waals surface area contributed by atoms with Crippen molar-refractivity contribution in [3.63, 3.8) is 0 Å². The van der Waals surface area contributed by atoms with E-state index in [2.05, 4.69) is 53.3 Å². The highest BCUT2D eigenvalue weighted by atomic mass is 79.9. The molecule has 0 aliphatic carbocycles. The summed E-state index contributed by atoms with van der Waals surface area (Å²) >= 11 is 3.56. The normalized spacial score (nSPS) is 20.2. The van der Waals surface area contributed by atoms with Gasteiger partial charge in [-0.25, -0.2) is 0 Å². The molecular weight excluding hydrogens is 226 g/mol. The number of halogens is 1. The minimum atomic E-state index is 0.674. The van der Waals surface area contributed by atoms with Crippen molar-refractivity contribution in [2.75, 3.05) is 11.9 Å². The second-order valence-corrected chi connectivity index (χ2v) is 4.79. The van der Waals surface area contributed by atoms with Gasteiger partial charge in [0.15, 0.2) is 0 Å². The maximum atomic E-state index is 3.56. The topological polar surface area (TPSA) is 12.0 Å². The molecule has 0 saturated carbocycles. The van der Waals surface area contributed by atoms with E-state index < -0.39 is 0 Å². The van der Waals surface area contributed by atoms with Gasteiger partial charge in [0.25, 0.3) is 0 Å². The molecule has 1 atom stereocenters. The number of fused-ring (bicyclic) bond motifs is 1. The molecule has 70 valence electrons. The van der Waals surface area contributed by atoms with Gasteiger partial charge in [-0.2, -0.15) is 0 Å². The summed E-state index contributed by atoms with van der Waals surface area (Å²) in [7, 11) is 0. The van der Waals surface area contributed by atoms with Gasteiger partial charge in [-0.05, 0) is 33.5 Å². The van der Waals surface area contributed by atoms with Gasteiger partial charge in [0.1, 0.15) is 0 Å². The summed E-state index contributed by atoms with van der Waals surface area (Å²) < 4.78 is 1.19. The second-order valence-electron chi connectivity index (χ2n) is 3.94. The van der Waals surface area contributed by atoms with E-state index in [0.29, 0.717) is 11.8 Å². The molecule has 0 spiro atoms. The van der Waals surface area contributed by atoms with E-state index in [1.165, 1.54) is 15.7 Å². The molecule has 0 unspecified atom stereocenters. The van der Waals surface area contributed by atoms with E-state index in [-0.39, 0.29) is 0 Å². The zero-order valence-electron chi connectivity index (χ0n) is 7.97. The van der Waals surface area contributed by atoms with Crippen LogP contribution in [0.4, 0.5) is 5.69 Å². The zero-order valence-corrected chi connectivity index (χ0v) is 9.56. The first-order chi connectivity index (χ1) is 6.20. The standard InChI is InChI=1S/C11H14BrN/c1-7(2)9-6-13-11-8(9)4-3-5-10(11)12/h3-5,7,9,13H,6H2,1-2H3/t9-/m0/s1. The molecule has 1 N–H and O–H groups in total. The van der Waals surface area contributed by atoms with Gasteiger partial charge in [0, 0.05) is 16.9 Å². The van der Waals surface area contributed by atoms with E-state index in [1.807, 2.05) is 0 Å². The van der Waals surface area contributed by atoms with Crippen molar-refractivity contribution in [3.05, 3.63) is 28.2 Å². The van der Waals surface area contributed by atoms with Crippen molar-refractivity contribution in [2.45, 2.75) is 19.8 Å². The van der Waals surface area contributed by atoms with Gasteiger partial charge in [-0.3, -0.25) is 0 Å². The Bertz CT molecular complexity index is 320. The number of rotatable bonds is 1. The smallest absolute Gasteiger partial charge is 0.0520 e. The Labute approximate surface area is 87.7 Å². The molecule has 1 aromatic rings. The quantitative estimate of drug-likeness (QED) is 0.790. The van der Waals surface area contributed by atoms with Crippen LogP contribution in [-0.4, -0.2) is 6.54 Å². The average molecular weight is 240 g/mol. The molecule has 0 radical (unpaired) electrons. The molecule has 13 heavy (non-hydrogen) atoms. The first-order valence-corrected chi connectivity index (χ1v) is 5.51. The van der Waals surface area contributed by atoms with E-state index in [9.17, 15) is 0 Å². The third-order valence-corrected chi connectivity index (χ3v) is 3.41. The molecule has 1 heterocycles. The Morgan fingerprint density at radius 3 is 2.92 bits per heavy atom. The summed E-state index contributed by atoms with van der Waals surface area (Å²) in [4.78, 5) is 0. The van der Waals surface area contributed by atoms with Crippen LogP contribution in [-0.2, 0) is 0 Å². The van der Waals surface area contributed by atoms with E-state index >= 15 is 0 Å². The molecule has 0 bridgehead atoms. The number of anilines is 1. The average Bonchev–Trinajstić information content (AvgIpc) is 2.48. The fourth-order valence-electron chi connectivity index (χ4n) is 1.95. The SMILES string of the molecule is CC(C)[C@@H]1CNc2c(Br)cccc21. The highest BCUT2D eigenvalue weighted by molar-refractivity contribution is 9.10. The summed E-state index contributed by atoms with van der Waals surface area (Å²) in [6.07, 6.45) is 0. The minimum Gasteiger partial charge on any atom is -0.383 e. The zero-order chi connectivity index (χ0) is 9.42. The lowest BCUT2D eigenvalue weighted by molar-refractivity contribution is 0.533. The predicted octanol–water partition coefficient (Wildman–Crippen LogP) is 3.61. The molecule has 0 aromatic heterocycles. The van der Waals surface area contributed by atoms with E-state index in [4.69, 9.17) is 0 Å². The Hall–Kier alpha value is -0.500. The first kappa shape index (κ1) is 9.07. The van der Waals surface area contributed by atoms with Gasteiger partial charge in [-0.15, -0.1) is 0 Å². The molecule has 0 saturated heterocycles. The maximum absolute atomic E-state index is 3.56. The van der Waals surface area contributed by atoms with Crippen LogP contribution in [0.1, 0.15) is 25.3 Å². The van der Waals surface area contributed by atoms with E-state index in [0.717, 1.165) is 6.54 Å². The monoisotopic (exact) mass is 239 g/mol. The van der Waals surface area contributed by atoms with Crippen LogP contribution in [0.5, 0.6) is 0 Å². The molecule has 1 aliphatic rings. The van der Waals surface area contributed by atoms with Crippen LogP contribution in [0.15, 0.2) is 22.7 Å². The molecule has 0 fully saturated rings. The van der Waals surface area contributed by atoms with Gasteiger partial charge in [0.05, 0.1) is 5.69 Å². The van der Waals surface area contributed by atoms with Crippen molar-refractivity contribution in [1.82, 2.24) is 0 Å². The lowest BCUT2D eigenvalue weighted by atomic mass is 9.90. The number of benzene rings is 1. The second kappa shape index (κ2) is 3.33. The summed E-state index contributed by atoms with van der Waals surface area (Å²) in [5.41, 5.74) is 2.76. The molecular formula is C11H14BrN. The van der Waals surface area contributed by atoms with Gasteiger partial charge in [-0.1, -0.05) is 26.0 Å². The first-order valence-electron chi connectivity index (χ1n) is 4.72. The van der Waals surface area contributed by atoms with Crippen LogP contribution in [0, 0.1) is 5.92 Å². The summed E-state index contributed by atoms with van der Waals surface area (Å²) in [5, 5.41) is 3.45. The van der Waals surface area contributed by atoms with Crippen LogP contribution in [0.3, 0.4) is 0 Å². The summed E-state index contributed by atoms with van der Waals surface area (Å²) in [6.45, 7) is 5.64. The van der Waals surface area contributed by atoms with Crippen molar-refractivity contribution >= 4 is 21.6 Å². The van der Waals surface area contributed by atoms with Crippen molar-refractivity contribution in [3.8, 4) is 0 Å². The Morgan fingerprint density at radius 1 is 1.46 bits per heavy atom. The number of nitrogens with one attached hydrogen (secondary N) is 1. The van der Waals surface area contributed by atoms with E-state index in [1.54, 1.807) is 0 Å². The highest BCUT2D eigenvalue weighted by Gasteiger charge is 2.25. The molecule has 1 aliphatic heterocycles. The Balaban J connectivity index is 2.43. The number of hydrogen-bond donors (Lipinski definition) is 1. The maximum Gasteiger partial charge on any atom is 0.0520 e. The molecule has 2 heteroatoms. The van der Waals surface area contributed by atoms with Gasteiger partial charge in [0.2, 0.25) is 0 Å². The third-order valence-electron chi connectivity index (χ3n) is 2.75. The van der Waals surface area contributed by atoms with Gasteiger partial charge >= 0.3 is 0 Å². The van der Waals surface area contributed by atoms with Crippen molar-refractivity contribution < 1.29 is 0 Å². The van der Waals surface area contributed by atoms with Gasteiger partial charge < -0.3 is 5.32 Å². The highest BCUT2D eigenvalue weighted by Crippen LogP contribution is 2.40. The Morgan fingerprint density at radius 2 is 2.23 bits per heavy atom. The molecule has 0 amide bonds. The molecule has 2 rings (SSSR count). The fraction of sp³-hybridized carbons (Fsp3) is 0.455. The fourth-order valence-corrected chi connectivity index (χ4v) is 2.47. The number of para-hydroxylation sites is 1. The van der Waals surface area contributed by atoms with Crippen LogP contribution >= 0.6 is 15.9 Å². The van der Waals surface area contributed by atoms with Crippen LogP contribution in [0.25, 0.3) is 0 Å². The van der Waals surface area contributed by atoms with Crippen molar-refractivity contribution in [2.24, 2.45) is 5.92 Å². The summed E-state index contributed by atoms with van der Waals surface area (Å²) in [5.74, 6) is 1.38. The van der Waals surface area contributed by atoms with Crippen LogP contribution < -0.4 is 5.32 Å². The van der Waals surface area contributed by atoms with Crippen LogP contribution in [0.2, 0.25) is 0 Å². The largest absolute Gasteiger partial charge is 0.383 e.